The summed E-state index contributed by atoms with van der Waals surface area (Å²) in [6.07, 6.45) is 0.512. The second-order valence-electron chi connectivity index (χ2n) is 4.61. The summed E-state index contributed by atoms with van der Waals surface area (Å²) in [5, 5.41) is 10.3. The van der Waals surface area contributed by atoms with Gasteiger partial charge in [0.05, 0.1) is 12.7 Å². The van der Waals surface area contributed by atoms with Gasteiger partial charge in [-0.25, -0.2) is 0 Å². The fourth-order valence-electron chi connectivity index (χ4n) is 2.20. The standard InChI is InChI=1S/C16H16O2S/c17-15(11-19-14-4-2-1-3-5-14)12-6-7-16-13(10-12)8-9-18-16/h1-7,10,15,17H,8-9,11H2. The molecule has 0 bridgehead atoms. The van der Waals surface area contributed by atoms with Crippen molar-refractivity contribution in [2.24, 2.45) is 0 Å². The van der Waals surface area contributed by atoms with Gasteiger partial charge in [0, 0.05) is 17.1 Å². The Kier molecular flexibility index (Phi) is 3.76. The molecule has 2 nitrogen and oxygen atoms in total. The second kappa shape index (κ2) is 5.68. The number of hydrogen-bond acceptors (Lipinski definition) is 3. The van der Waals surface area contributed by atoms with Crippen LogP contribution in [-0.2, 0) is 6.42 Å². The largest absolute Gasteiger partial charge is 0.493 e. The van der Waals surface area contributed by atoms with E-state index in [4.69, 9.17) is 4.74 Å². The quantitative estimate of drug-likeness (QED) is 0.864. The minimum Gasteiger partial charge on any atom is -0.493 e. The van der Waals surface area contributed by atoms with Gasteiger partial charge >= 0.3 is 0 Å². The lowest BCUT2D eigenvalue weighted by molar-refractivity contribution is 0.204. The number of hydrogen-bond donors (Lipinski definition) is 1. The van der Waals surface area contributed by atoms with E-state index in [0.29, 0.717) is 5.75 Å². The molecule has 2 aromatic rings. The summed E-state index contributed by atoms with van der Waals surface area (Å²) in [4.78, 5) is 1.19. The lowest BCUT2D eigenvalue weighted by Gasteiger charge is -2.11. The fraction of sp³-hybridized carbons (Fsp3) is 0.250. The Hall–Kier alpha value is -1.45. The molecule has 0 amide bonds. The molecule has 0 aliphatic carbocycles. The highest BCUT2D eigenvalue weighted by Gasteiger charge is 2.15. The second-order valence-corrected chi connectivity index (χ2v) is 5.70. The molecule has 0 saturated carbocycles. The minimum atomic E-state index is -0.434. The highest BCUT2D eigenvalue weighted by molar-refractivity contribution is 7.99. The van der Waals surface area contributed by atoms with Gasteiger partial charge in [0.25, 0.3) is 0 Å². The van der Waals surface area contributed by atoms with E-state index in [1.807, 2.05) is 30.3 Å². The van der Waals surface area contributed by atoms with Crippen molar-refractivity contribution in [1.82, 2.24) is 0 Å². The van der Waals surface area contributed by atoms with Gasteiger partial charge in [-0.15, -0.1) is 11.8 Å². The summed E-state index contributed by atoms with van der Waals surface area (Å²) < 4.78 is 5.48. The van der Waals surface area contributed by atoms with Crippen molar-refractivity contribution in [3.8, 4) is 5.75 Å². The molecule has 0 aromatic heterocycles. The maximum atomic E-state index is 10.3. The van der Waals surface area contributed by atoms with Crippen molar-refractivity contribution in [1.29, 1.82) is 0 Å². The number of rotatable bonds is 4. The number of aliphatic hydroxyl groups is 1. The Bertz CT molecular complexity index is 554. The number of thioether (sulfide) groups is 1. The van der Waals surface area contributed by atoms with Crippen LogP contribution in [0.15, 0.2) is 53.4 Å². The molecule has 98 valence electrons. The van der Waals surface area contributed by atoms with E-state index in [1.54, 1.807) is 11.8 Å². The maximum Gasteiger partial charge on any atom is 0.122 e. The molecule has 1 aliphatic rings. The van der Waals surface area contributed by atoms with Gasteiger partial charge in [0.2, 0.25) is 0 Å². The maximum absolute atomic E-state index is 10.3. The van der Waals surface area contributed by atoms with Crippen molar-refractivity contribution in [3.63, 3.8) is 0 Å². The summed E-state index contributed by atoms with van der Waals surface area (Å²) in [5.74, 6) is 1.63. The SMILES string of the molecule is OC(CSc1ccccc1)c1ccc2c(c1)CCO2. The Labute approximate surface area is 117 Å². The Morgan fingerprint density at radius 2 is 2.00 bits per heavy atom. The first-order valence-corrected chi connectivity index (χ1v) is 7.43. The average molecular weight is 272 g/mol. The molecule has 0 spiro atoms. The third-order valence-corrected chi connectivity index (χ3v) is 4.34. The van der Waals surface area contributed by atoms with Crippen LogP contribution in [0.4, 0.5) is 0 Å². The summed E-state index contributed by atoms with van der Waals surface area (Å²) in [6, 6.07) is 16.2. The molecule has 3 rings (SSSR count). The average Bonchev–Trinajstić information content (AvgIpc) is 2.93. The molecule has 3 heteroatoms. The number of fused-ring (bicyclic) bond motifs is 1. The van der Waals surface area contributed by atoms with E-state index >= 15 is 0 Å². The van der Waals surface area contributed by atoms with Crippen LogP contribution in [0.2, 0.25) is 0 Å². The molecular weight excluding hydrogens is 256 g/mol. The van der Waals surface area contributed by atoms with Gasteiger partial charge in [-0.3, -0.25) is 0 Å². The third kappa shape index (κ3) is 2.94. The topological polar surface area (TPSA) is 29.5 Å². The molecule has 1 atom stereocenters. The van der Waals surface area contributed by atoms with Crippen molar-refractivity contribution in [2.75, 3.05) is 12.4 Å². The predicted octanol–water partition coefficient (Wildman–Crippen LogP) is 3.45. The van der Waals surface area contributed by atoms with Crippen LogP contribution in [0.1, 0.15) is 17.2 Å². The van der Waals surface area contributed by atoms with Crippen LogP contribution in [-0.4, -0.2) is 17.5 Å². The molecule has 0 saturated heterocycles. The van der Waals surface area contributed by atoms with Gasteiger partial charge in [0.1, 0.15) is 5.75 Å². The van der Waals surface area contributed by atoms with Crippen molar-refractivity contribution in [3.05, 3.63) is 59.7 Å². The normalized spacial score (nSPS) is 14.8. The zero-order valence-electron chi connectivity index (χ0n) is 10.6. The first-order valence-electron chi connectivity index (χ1n) is 6.44. The van der Waals surface area contributed by atoms with Gasteiger partial charge in [0.15, 0.2) is 0 Å². The monoisotopic (exact) mass is 272 g/mol. The van der Waals surface area contributed by atoms with Gasteiger partial charge < -0.3 is 9.84 Å². The summed E-state index contributed by atoms with van der Waals surface area (Å²) >= 11 is 1.68. The summed E-state index contributed by atoms with van der Waals surface area (Å²) in [7, 11) is 0. The smallest absolute Gasteiger partial charge is 0.122 e. The van der Waals surface area contributed by atoms with Crippen LogP contribution in [0.3, 0.4) is 0 Å². The first-order chi connectivity index (χ1) is 9.33. The van der Waals surface area contributed by atoms with Crippen LogP contribution >= 0.6 is 11.8 Å². The van der Waals surface area contributed by atoms with E-state index in [-0.39, 0.29) is 0 Å². The molecule has 2 aromatic carbocycles. The lowest BCUT2D eigenvalue weighted by Crippen LogP contribution is -2.00. The van der Waals surface area contributed by atoms with E-state index in [9.17, 15) is 5.11 Å². The molecule has 1 unspecified atom stereocenters. The Morgan fingerprint density at radius 3 is 2.84 bits per heavy atom. The van der Waals surface area contributed by atoms with Gasteiger partial charge in [-0.2, -0.15) is 0 Å². The highest BCUT2D eigenvalue weighted by Crippen LogP contribution is 2.30. The third-order valence-electron chi connectivity index (χ3n) is 3.25. The zero-order valence-corrected chi connectivity index (χ0v) is 11.4. The van der Waals surface area contributed by atoms with Crippen molar-refractivity contribution >= 4 is 11.8 Å². The molecule has 19 heavy (non-hydrogen) atoms. The number of aliphatic hydroxyl groups excluding tert-OH is 1. The molecule has 1 aliphatic heterocycles. The van der Waals surface area contributed by atoms with E-state index in [1.165, 1.54) is 10.5 Å². The van der Waals surface area contributed by atoms with E-state index < -0.39 is 6.10 Å². The summed E-state index contributed by atoms with van der Waals surface area (Å²) in [5.41, 5.74) is 2.19. The Balaban J connectivity index is 1.65. The van der Waals surface area contributed by atoms with Crippen molar-refractivity contribution < 1.29 is 9.84 Å². The van der Waals surface area contributed by atoms with Crippen LogP contribution in [0.5, 0.6) is 5.75 Å². The van der Waals surface area contributed by atoms with Gasteiger partial charge in [-0.1, -0.05) is 24.3 Å². The highest BCUT2D eigenvalue weighted by atomic mass is 32.2. The van der Waals surface area contributed by atoms with Crippen LogP contribution in [0, 0.1) is 0 Å². The van der Waals surface area contributed by atoms with Crippen molar-refractivity contribution in [2.45, 2.75) is 17.4 Å². The molecule has 0 fully saturated rings. The van der Waals surface area contributed by atoms with E-state index in [2.05, 4.69) is 18.2 Å². The predicted molar refractivity (Wildman–Crippen MR) is 77.8 cm³/mol. The zero-order chi connectivity index (χ0) is 13.1. The molecule has 0 radical (unpaired) electrons. The molecular formula is C16H16O2S. The minimum absolute atomic E-state index is 0.434. The molecule has 1 heterocycles. The van der Waals surface area contributed by atoms with E-state index in [0.717, 1.165) is 24.3 Å². The fourth-order valence-corrected chi connectivity index (χ4v) is 3.09. The number of benzene rings is 2. The Morgan fingerprint density at radius 1 is 1.16 bits per heavy atom. The first kappa shape index (κ1) is 12.6. The van der Waals surface area contributed by atoms with Crippen LogP contribution in [0.25, 0.3) is 0 Å². The van der Waals surface area contributed by atoms with Crippen LogP contribution < -0.4 is 4.74 Å². The number of ether oxygens (including phenoxy) is 1. The summed E-state index contributed by atoms with van der Waals surface area (Å²) in [6.45, 7) is 0.758. The lowest BCUT2D eigenvalue weighted by atomic mass is 10.1. The molecule has 1 N–H and O–H groups in total. The van der Waals surface area contributed by atoms with Gasteiger partial charge in [-0.05, 0) is 35.4 Å².